The zero-order valence-electron chi connectivity index (χ0n) is 13.9. The third-order valence-corrected chi connectivity index (χ3v) is 4.39. The summed E-state index contributed by atoms with van der Waals surface area (Å²) in [5, 5.41) is 3.66. The van der Waals surface area contributed by atoms with Crippen molar-refractivity contribution < 1.29 is 0 Å². The van der Waals surface area contributed by atoms with Crippen LogP contribution in [-0.2, 0) is 0 Å². The van der Waals surface area contributed by atoms with Crippen LogP contribution >= 0.6 is 0 Å². The van der Waals surface area contributed by atoms with Crippen molar-refractivity contribution in [1.82, 2.24) is 10.2 Å². The van der Waals surface area contributed by atoms with E-state index >= 15 is 0 Å². The maximum absolute atomic E-state index is 3.66. The number of piperazine rings is 1. The van der Waals surface area contributed by atoms with E-state index in [9.17, 15) is 0 Å². The molecule has 0 aromatic heterocycles. The summed E-state index contributed by atoms with van der Waals surface area (Å²) in [5.74, 6) is 0. The van der Waals surface area contributed by atoms with E-state index in [1.165, 1.54) is 43.7 Å². The highest BCUT2D eigenvalue weighted by molar-refractivity contribution is 5.48. The maximum atomic E-state index is 3.66. The first-order valence-corrected chi connectivity index (χ1v) is 8.50. The van der Waals surface area contributed by atoms with Gasteiger partial charge in [0.25, 0.3) is 0 Å². The van der Waals surface area contributed by atoms with E-state index in [4.69, 9.17) is 0 Å². The second-order valence-electron chi connectivity index (χ2n) is 6.19. The third-order valence-electron chi connectivity index (χ3n) is 4.39. The number of hydrogen-bond donors (Lipinski definition) is 1. The fourth-order valence-corrected chi connectivity index (χ4v) is 3.01. The van der Waals surface area contributed by atoms with Gasteiger partial charge in [-0.3, -0.25) is 4.90 Å². The molecule has 2 rings (SSSR count). The van der Waals surface area contributed by atoms with Gasteiger partial charge in [0.05, 0.1) is 0 Å². The van der Waals surface area contributed by atoms with Gasteiger partial charge in [0.15, 0.2) is 0 Å². The monoisotopic (exact) mass is 289 g/mol. The molecule has 118 valence electrons. The summed E-state index contributed by atoms with van der Waals surface area (Å²) < 4.78 is 0. The van der Waals surface area contributed by atoms with Gasteiger partial charge in [-0.25, -0.2) is 0 Å². The van der Waals surface area contributed by atoms with Crippen molar-refractivity contribution in [3.05, 3.63) is 29.8 Å². The molecule has 21 heavy (non-hydrogen) atoms. The van der Waals surface area contributed by atoms with Crippen LogP contribution in [0.5, 0.6) is 0 Å². The van der Waals surface area contributed by atoms with E-state index < -0.39 is 0 Å². The van der Waals surface area contributed by atoms with Gasteiger partial charge in [-0.15, -0.1) is 0 Å². The van der Waals surface area contributed by atoms with Crippen molar-refractivity contribution in [2.45, 2.75) is 39.7 Å². The lowest BCUT2D eigenvalue weighted by atomic mass is 10.1. The van der Waals surface area contributed by atoms with E-state index in [1.54, 1.807) is 0 Å². The summed E-state index contributed by atoms with van der Waals surface area (Å²) in [5.41, 5.74) is 2.73. The maximum Gasteiger partial charge on any atom is 0.0369 e. The molecular weight excluding hydrogens is 258 g/mol. The SMILES string of the molecule is CCCNC(CC)CN1CCN(c2cccc(C)c2)CC1. The number of benzene rings is 1. The molecule has 0 aliphatic carbocycles. The predicted molar refractivity (Wildman–Crippen MR) is 92.2 cm³/mol. The van der Waals surface area contributed by atoms with Gasteiger partial charge in [-0.2, -0.15) is 0 Å². The van der Waals surface area contributed by atoms with Crippen LogP contribution in [0, 0.1) is 6.92 Å². The van der Waals surface area contributed by atoms with Gasteiger partial charge in [-0.1, -0.05) is 26.0 Å². The molecule has 1 N–H and O–H groups in total. The summed E-state index contributed by atoms with van der Waals surface area (Å²) in [6.45, 7) is 13.7. The van der Waals surface area contributed by atoms with Gasteiger partial charge >= 0.3 is 0 Å². The van der Waals surface area contributed by atoms with Crippen LogP contribution in [0.1, 0.15) is 32.3 Å². The lowest BCUT2D eigenvalue weighted by Gasteiger charge is -2.37. The Hall–Kier alpha value is -1.06. The van der Waals surface area contributed by atoms with E-state index in [0.717, 1.165) is 19.6 Å². The van der Waals surface area contributed by atoms with Crippen molar-refractivity contribution in [1.29, 1.82) is 0 Å². The van der Waals surface area contributed by atoms with Gasteiger partial charge in [-0.05, 0) is 44.0 Å². The molecule has 1 atom stereocenters. The van der Waals surface area contributed by atoms with Gasteiger partial charge in [0.2, 0.25) is 0 Å². The Kier molecular flexibility index (Phi) is 6.52. The molecule has 0 saturated carbocycles. The van der Waals surface area contributed by atoms with E-state index in [-0.39, 0.29) is 0 Å². The third kappa shape index (κ3) is 5.01. The average Bonchev–Trinajstić information content (AvgIpc) is 2.52. The van der Waals surface area contributed by atoms with Crippen molar-refractivity contribution in [2.24, 2.45) is 0 Å². The molecule has 0 amide bonds. The Morgan fingerprint density at radius 3 is 2.52 bits per heavy atom. The Bertz CT molecular complexity index is 411. The number of rotatable bonds is 7. The molecule has 3 heteroatoms. The highest BCUT2D eigenvalue weighted by Crippen LogP contribution is 2.17. The Balaban J connectivity index is 1.80. The number of aryl methyl sites for hydroxylation is 1. The van der Waals surface area contributed by atoms with Crippen LogP contribution in [0.2, 0.25) is 0 Å². The Labute approximate surface area is 130 Å². The molecule has 1 heterocycles. The van der Waals surface area contributed by atoms with Crippen molar-refractivity contribution in [3.8, 4) is 0 Å². The topological polar surface area (TPSA) is 18.5 Å². The molecule has 1 aromatic carbocycles. The van der Waals surface area contributed by atoms with Gasteiger partial charge in [0, 0.05) is 44.5 Å². The summed E-state index contributed by atoms with van der Waals surface area (Å²) >= 11 is 0. The second-order valence-corrected chi connectivity index (χ2v) is 6.19. The van der Waals surface area contributed by atoms with Crippen LogP contribution in [0.3, 0.4) is 0 Å². The molecule has 0 bridgehead atoms. The average molecular weight is 289 g/mol. The van der Waals surface area contributed by atoms with Crippen LogP contribution in [0.4, 0.5) is 5.69 Å². The minimum absolute atomic E-state index is 0.649. The molecule has 1 aliphatic rings. The number of nitrogens with one attached hydrogen (secondary N) is 1. The summed E-state index contributed by atoms with van der Waals surface area (Å²) in [6.07, 6.45) is 2.44. The molecule has 1 saturated heterocycles. The lowest BCUT2D eigenvalue weighted by molar-refractivity contribution is 0.226. The second kappa shape index (κ2) is 8.40. The fraction of sp³-hybridized carbons (Fsp3) is 0.667. The fourth-order valence-electron chi connectivity index (χ4n) is 3.01. The van der Waals surface area contributed by atoms with Crippen LogP contribution < -0.4 is 10.2 Å². The van der Waals surface area contributed by atoms with Gasteiger partial charge < -0.3 is 10.2 Å². The molecule has 0 radical (unpaired) electrons. The molecular formula is C18H31N3. The minimum atomic E-state index is 0.649. The zero-order chi connectivity index (χ0) is 15.1. The van der Waals surface area contributed by atoms with Crippen molar-refractivity contribution in [2.75, 3.05) is 44.2 Å². The molecule has 1 unspecified atom stereocenters. The summed E-state index contributed by atoms with van der Waals surface area (Å²) in [7, 11) is 0. The number of anilines is 1. The normalized spacial score (nSPS) is 18.0. The predicted octanol–water partition coefficient (Wildman–Crippen LogP) is 2.90. The summed E-state index contributed by atoms with van der Waals surface area (Å²) in [4.78, 5) is 5.13. The van der Waals surface area contributed by atoms with Crippen molar-refractivity contribution in [3.63, 3.8) is 0 Å². The smallest absolute Gasteiger partial charge is 0.0369 e. The highest BCUT2D eigenvalue weighted by Gasteiger charge is 2.19. The number of hydrogen-bond acceptors (Lipinski definition) is 3. The Morgan fingerprint density at radius 1 is 1.14 bits per heavy atom. The first-order valence-electron chi connectivity index (χ1n) is 8.50. The zero-order valence-corrected chi connectivity index (χ0v) is 13.9. The standard InChI is InChI=1S/C18H31N3/c1-4-9-19-17(5-2)15-20-10-12-21(13-11-20)18-8-6-7-16(3)14-18/h6-8,14,17,19H,4-5,9-13,15H2,1-3H3. The molecule has 3 nitrogen and oxygen atoms in total. The molecule has 0 spiro atoms. The van der Waals surface area contributed by atoms with E-state index in [1.807, 2.05) is 0 Å². The van der Waals surface area contributed by atoms with Crippen LogP contribution in [0.25, 0.3) is 0 Å². The summed E-state index contributed by atoms with van der Waals surface area (Å²) in [6, 6.07) is 9.52. The van der Waals surface area contributed by atoms with Crippen LogP contribution in [-0.4, -0.2) is 50.2 Å². The molecule has 1 aromatic rings. The molecule has 1 fully saturated rings. The van der Waals surface area contributed by atoms with E-state index in [0.29, 0.717) is 6.04 Å². The highest BCUT2D eigenvalue weighted by atomic mass is 15.3. The lowest BCUT2D eigenvalue weighted by Crippen LogP contribution is -2.50. The van der Waals surface area contributed by atoms with Gasteiger partial charge in [0.1, 0.15) is 0 Å². The quantitative estimate of drug-likeness (QED) is 0.832. The van der Waals surface area contributed by atoms with E-state index in [2.05, 4.69) is 60.2 Å². The molecule has 1 aliphatic heterocycles. The Morgan fingerprint density at radius 2 is 1.90 bits per heavy atom. The first kappa shape index (κ1) is 16.3. The minimum Gasteiger partial charge on any atom is -0.369 e. The number of nitrogens with zero attached hydrogens (tertiary/aromatic N) is 2. The van der Waals surface area contributed by atoms with Crippen molar-refractivity contribution >= 4 is 5.69 Å². The van der Waals surface area contributed by atoms with Crippen LogP contribution in [0.15, 0.2) is 24.3 Å². The first-order chi connectivity index (χ1) is 10.2. The largest absolute Gasteiger partial charge is 0.369 e.